The van der Waals surface area contributed by atoms with E-state index in [9.17, 15) is 8.42 Å². The standard InChI is InChI=1S/C13H20ClN3O2S/c1-2-17-7-4-11(5-8-17)9-16-20(18,19)13-10-15-6-3-12(13)14/h3,6,10-11,16H,2,4-5,7-9H2,1H3. The molecule has 1 aromatic rings. The first-order valence-corrected chi connectivity index (χ1v) is 8.70. The van der Waals surface area contributed by atoms with Crippen LogP contribution < -0.4 is 4.72 Å². The Morgan fingerprint density at radius 2 is 2.15 bits per heavy atom. The number of pyridine rings is 1. The van der Waals surface area contributed by atoms with E-state index in [0.717, 1.165) is 32.5 Å². The van der Waals surface area contributed by atoms with Crippen molar-refractivity contribution in [2.75, 3.05) is 26.2 Å². The first-order valence-electron chi connectivity index (χ1n) is 6.84. The second-order valence-corrected chi connectivity index (χ2v) is 7.18. The monoisotopic (exact) mass is 317 g/mol. The number of halogens is 1. The molecule has 112 valence electrons. The third-order valence-electron chi connectivity index (χ3n) is 3.74. The first kappa shape index (κ1) is 15.7. The highest BCUT2D eigenvalue weighted by Crippen LogP contribution is 2.20. The van der Waals surface area contributed by atoms with Crippen LogP contribution in [0, 0.1) is 5.92 Å². The molecule has 0 amide bonds. The Morgan fingerprint density at radius 3 is 2.75 bits per heavy atom. The summed E-state index contributed by atoms with van der Waals surface area (Å²) in [6.45, 7) is 5.75. The lowest BCUT2D eigenvalue weighted by molar-refractivity contribution is 0.194. The summed E-state index contributed by atoms with van der Waals surface area (Å²) in [5.74, 6) is 0.392. The molecular formula is C13H20ClN3O2S. The zero-order valence-corrected chi connectivity index (χ0v) is 13.1. The van der Waals surface area contributed by atoms with Crippen molar-refractivity contribution < 1.29 is 8.42 Å². The molecule has 0 radical (unpaired) electrons. The highest BCUT2D eigenvalue weighted by atomic mass is 35.5. The molecule has 0 bridgehead atoms. The van der Waals surface area contributed by atoms with Gasteiger partial charge in [-0.05, 0) is 44.5 Å². The molecule has 0 unspecified atom stereocenters. The van der Waals surface area contributed by atoms with Crippen molar-refractivity contribution in [3.63, 3.8) is 0 Å². The van der Waals surface area contributed by atoms with E-state index in [1.165, 1.54) is 18.5 Å². The topological polar surface area (TPSA) is 62.3 Å². The summed E-state index contributed by atoms with van der Waals surface area (Å²) in [6, 6.07) is 1.48. The molecule has 1 aliphatic rings. The Hall–Kier alpha value is -0.690. The predicted octanol–water partition coefficient (Wildman–Crippen LogP) is 1.75. The second-order valence-electron chi connectivity index (χ2n) is 5.04. The Balaban J connectivity index is 1.92. The zero-order valence-electron chi connectivity index (χ0n) is 11.5. The van der Waals surface area contributed by atoms with Crippen LogP contribution in [-0.4, -0.2) is 44.5 Å². The molecule has 5 nitrogen and oxygen atoms in total. The van der Waals surface area contributed by atoms with Gasteiger partial charge in [0.2, 0.25) is 10.0 Å². The van der Waals surface area contributed by atoms with Crippen LogP contribution in [0.25, 0.3) is 0 Å². The summed E-state index contributed by atoms with van der Waals surface area (Å²) in [7, 11) is -3.57. The molecule has 0 aliphatic carbocycles. The van der Waals surface area contributed by atoms with Gasteiger partial charge >= 0.3 is 0 Å². The minimum Gasteiger partial charge on any atom is -0.304 e. The molecule has 20 heavy (non-hydrogen) atoms. The van der Waals surface area contributed by atoms with Crippen LogP contribution in [0.5, 0.6) is 0 Å². The lowest BCUT2D eigenvalue weighted by Gasteiger charge is -2.30. The fraction of sp³-hybridized carbons (Fsp3) is 0.615. The minimum absolute atomic E-state index is 0.0488. The van der Waals surface area contributed by atoms with Gasteiger partial charge in [0.1, 0.15) is 4.90 Å². The fourth-order valence-corrected chi connectivity index (χ4v) is 3.92. The summed E-state index contributed by atoms with van der Waals surface area (Å²) < 4.78 is 27.0. The molecule has 0 saturated carbocycles. The van der Waals surface area contributed by atoms with Crippen LogP contribution in [0.15, 0.2) is 23.4 Å². The van der Waals surface area contributed by atoms with E-state index < -0.39 is 10.0 Å². The number of piperidine rings is 1. The van der Waals surface area contributed by atoms with Gasteiger partial charge in [0.15, 0.2) is 0 Å². The number of aromatic nitrogens is 1. The van der Waals surface area contributed by atoms with Crippen LogP contribution >= 0.6 is 11.6 Å². The molecular weight excluding hydrogens is 298 g/mol. The third kappa shape index (κ3) is 3.91. The molecule has 1 fully saturated rings. The van der Waals surface area contributed by atoms with Crippen LogP contribution in [0.1, 0.15) is 19.8 Å². The van der Waals surface area contributed by atoms with Crippen LogP contribution in [0.3, 0.4) is 0 Å². The van der Waals surface area contributed by atoms with E-state index in [1.807, 2.05) is 0 Å². The Morgan fingerprint density at radius 1 is 1.45 bits per heavy atom. The molecule has 7 heteroatoms. The summed E-state index contributed by atoms with van der Waals surface area (Å²) in [4.78, 5) is 6.24. The van der Waals surface area contributed by atoms with Crippen molar-refractivity contribution >= 4 is 21.6 Å². The van der Waals surface area contributed by atoms with E-state index in [1.54, 1.807) is 0 Å². The summed E-state index contributed by atoms with van der Waals surface area (Å²) in [5.41, 5.74) is 0. The van der Waals surface area contributed by atoms with Crippen molar-refractivity contribution in [1.29, 1.82) is 0 Å². The number of rotatable bonds is 5. The van der Waals surface area contributed by atoms with E-state index in [4.69, 9.17) is 11.6 Å². The second kappa shape index (κ2) is 6.85. The fourth-order valence-electron chi connectivity index (χ4n) is 2.37. The largest absolute Gasteiger partial charge is 0.304 e. The van der Waals surface area contributed by atoms with Gasteiger partial charge < -0.3 is 4.90 Å². The quantitative estimate of drug-likeness (QED) is 0.898. The maximum Gasteiger partial charge on any atom is 0.243 e. The lowest BCUT2D eigenvalue weighted by Crippen LogP contribution is -2.38. The van der Waals surface area contributed by atoms with E-state index in [-0.39, 0.29) is 9.92 Å². The highest BCUT2D eigenvalue weighted by molar-refractivity contribution is 7.89. The number of nitrogens with one attached hydrogen (secondary N) is 1. The van der Waals surface area contributed by atoms with Gasteiger partial charge in [0.05, 0.1) is 5.02 Å². The Labute approximate surface area is 125 Å². The van der Waals surface area contributed by atoms with Gasteiger partial charge in [0, 0.05) is 18.9 Å². The van der Waals surface area contributed by atoms with Crippen molar-refractivity contribution in [3.05, 3.63) is 23.5 Å². The number of hydrogen-bond donors (Lipinski definition) is 1. The number of hydrogen-bond acceptors (Lipinski definition) is 4. The molecule has 0 aromatic carbocycles. The van der Waals surface area contributed by atoms with Crippen LogP contribution in [-0.2, 0) is 10.0 Å². The van der Waals surface area contributed by atoms with E-state index in [2.05, 4.69) is 21.5 Å². The van der Waals surface area contributed by atoms with Crippen molar-refractivity contribution in [2.24, 2.45) is 5.92 Å². The maximum atomic E-state index is 12.2. The summed E-state index contributed by atoms with van der Waals surface area (Å²) in [6.07, 6.45) is 4.81. The Kier molecular flexibility index (Phi) is 5.37. The Bertz CT molecular complexity index is 542. The van der Waals surface area contributed by atoms with Gasteiger partial charge in [-0.25, -0.2) is 13.1 Å². The first-order chi connectivity index (χ1) is 9.53. The van der Waals surface area contributed by atoms with Crippen LogP contribution in [0.4, 0.5) is 0 Å². The predicted molar refractivity (Wildman–Crippen MR) is 79.3 cm³/mol. The average Bonchev–Trinajstić information content (AvgIpc) is 2.46. The van der Waals surface area contributed by atoms with Gasteiger partial charge in [-0.3, -0.25) is 4.98 Å². The van der Waals surface area contributed by atoms with Gasteiger partial charge in [-0.15, -0.1) is 0 Å². The van der Waals surface area contributed by atoms with Crippen molar-refractivity contribution in [1.82, 2.24) is 14.6 Å². The normalized spacial score (nSPS) is 18.3. The molecule has 1 saturated heterocycles. The third-order valence-corrected chi connectivity index (χ3v) is 5.63. The van der Waals surface area contributed by atoms with Crippen LogP contribution in [0.2, 0.25) is 5.02 Å². The number of nitrogens with zero attached hydrogens (tertiary/aromatic N) is 2. The van der Waals surface area contributed by atoms with Gasteiger partial charge in [-0.1, -0.05) is 18.5 Å². The zero-order chi connectivity index (χ0) is 14.6. The van der Waals surface area contributed by atoms with Gasteiger partial charge in [-0.2, -0.15) is 0 Å². The number of likely N-dealkylation sites (tertiary alicyclic amines) is 1. The molecule has 1 aliphatic heterocycles. The lowest BCUT2D eigenvalue weighted by atomic mass is 9.97. The molecule has 0 spiro atoms. The average molecular weight is 318 g/mol. The maximum absolute atomic E-state index is 12.2. The minimum atomic E-state index is -3.57. The smallest absolute Gasteiger partial charge is 0.243 e. The molecule has 1 aromatic heterocycles. The molecule has 2 heterocycles. The molecule has 2 rings (SSSR count). The summed E-state index contributed by atoms with van der Waals surface area (Å²) >= 11 is 5.90. The van der Waals surface area contributed by atoms with Crippen molar-refractivity contribution in [2.45, 2.75) is 24.7 Å². The molecule has 0 atom stereocenters. The van der Waals surface area contributed by atoms with Crippen molar-refractivity contribution in [3.8, 4) is 0 Å². The number of sulfonamides is 1. The van der Waals surface area contributed by atoms with Gasteiger partial charge in [0.25, 0.3) is 0 Å². The SMILES string of the molecule is CCN1CCC(CNS(=O)(=O)c2cnccc2Cl)CC1. The summed E-state index contributed by atoms with van der Waals surface area (Å²) in [5, 5.41) is 0.202. The van der Waals surface area contributed by atoms with E-state index >= 15 is 0 Å². The molecule has 1 N–H and O–H groups in total. The van der Waals surface area contributed by atoms with E-state index in [0.29, 0.717) is 12.5 Å². The highest BCUT2D eigenvalue weighted by Gasteiger charge is 2.22.